The summed E-state index contributed by atoms with van der Waals surface area (Å²) >= 11 is 0. The topological polar surface area (TPSA) is 14.2 Å². The van der Waals surface area contributed by atoms with Crippen molar-refractivity contribution in [2.75, 3.05) is 7.11 Å². The Bertz CT molecular complexity index is 741. The fourth-order valence-electron chi connectivity index (χ4n) is 2.99. The van der Waals surface area contributed by atoms with Crippen LogP contribution in [0.5, 0.6) is 5.75 Å². The molecule has 0 aliphatic carbocycles. The molecule has 2 aromatic carbocycles. The van der Waals surface area contributed by atoms with Crippen LogP contribution < -0.4 is 4.74 Å². The Morgan fingerprint density at radius 3 is 2.40 bits per heavy atom. The Kier molecular flexibility index (Phi) is 3.23. The summed E-state index contributed by atoms with van der Waals surface area (Å²) in [5.41, 5.74) is 5.04. The Hall–Kier alpha value is -2.22. The number of aromatic nitrogens is 1. The number of nitrogens with zero attached hydrogens (tertiary/aromatic N) is 1. The van der Waals surface area contributed by atoms with Crippen LogP contribution in [0, 0.1) is 6.92 Å². The zero-order valence-electron chi connectivity index (χ0n) is 12.2. The second-order valence-corrected chi connectivity index (χ2v) is 4.94. The molecule has 0 saturated heterocycles. The molecule has 1 aromatic heterocycles. The van der Waals surface area contributed by atoms with E-state index in [-0.39, 0.29) is 0 Å². The lowest BCUT2D eigenvalue weighted by Crippen LogP contribution is -1.98. The van der Waals surface area contributed by atoms with Gasteiger partial charge in [0, 0.05) is 11.9 Å². The Labute approximate surface area is 119 Å². The van der Waals surface area contributed by atoms with Crippen LogP contribution >= 0.6 is 0 Å². The maximum Gasteiger partial charge on any atom is 0.143 e. The monoisotopic (exact) mass is 265 g/mol. The largest absolute Gasteiger partial charge is 0.495 e. The van der Waals surface area contributed by atoms with Crippen molar-refractivity contribution in [3.05, 3.63) is 54.1 Å². The highest BCUT2D eigenvalue weighted by molar-refractivity contribution is 5.95. The molecule has 102 valence electrons. The van der Waals surface area contributed by atoms with Gasteiger partial charge in [0.05, 0.1) is 18.3 Å². The Balaban J connectivity index is 2.41. The van der Waals surface area contributed by atoms with Crippen molar-refractivity contribution in [2.45, 2.75) is 20.4 Å². The molecular weight excluding hydrogens is 246 g/mol. The van der Waals surface area contributed by atoms with Gasteiger partial charge in [0.25, 0.3) is 0 Å². The summed E-state index contributed by atoms with van der Waals surface area (Å²) in [7, 11) is 1.74. The predicted octanol–water partition coefficient (Wildman–Crippen LogP) is 4.65. The van der Waals surface area contributed by atoms with Gasteiger partial charge in [-0.05, 0) is 31.0 Å². The SMILES string of the molecule is CCn1c(-c2ccccc2)c(C)c2cccc(OC)c21. The highest BCUT2D eigenvalue weighted by Gasteiger charge is 2.17. The average Bonchev–Trinajstić information content (AvgIpc) is 2.80. The van der Waals surface area contributed by atoms with Crippen LogP contribution in [-0.2, 0) is 6.54 Å². The minimum atomic E-state index is 0.926. The molecule has 0 bridgehead atoms. The molecular formula is C18H19NO. The molecule has 0 unspecified atom stereocenters. The quantitative estimate of drug-likeness (QED) is 0.672. The summed E-state index contributed by atoms with van der Waals surface area (Å²) in [6.07, 6.45) is 0. The van der Waals surface area contributed by atoms with Gasteiger partial charge in [-0.15, -0.1) is 0 Å². The molecule has 2 nitrogen and oxygen atoms in total. The third kappa shape index (κ3) is 1.80. The number of aryl methyl sites for hydroxylation is 2. The molecule has 0 spiro atoms. The summed E-state index contributed by atoms with van der Waals surface area (Å²) in [5, 5.41) is 1.27. The highest BCUT2D eigenvalue weighted by Crippen LogP contribution is 2.37. The van der Waals surface area contributed by atoms with Crippen LogP contribution in [0.1, 0.15) is 12.5 Å². The number of ether oxygens (including phenoxy) is 1. The lowest BCUT2D eigenvalue weighted by Gasteiger charge is -2.11. The minimum Gasteiger partial charge on any atom is -0.495 e. The number of hydrogen-bond donors (Lipinski definition) is 0. The molecule has 0 amide bonds. The van der Waals surface area contributed by atoms with Gasteiger partial charge in [-0.25, -0.2) is 0 Å². The maximum atomic E-state index is 5.55. The second kappa shape index (κ2) is 5.04. The first-order valence-electron chi connectivity index (χ1n) is 6.99. The zero-order valence-corrected chi connectivity index (χ0v) is 12.2. The Morgan fingerprint density at radius 1 is 1.00 bits per heavy atom. The summed E-state index contributed by atoms with van der Waals surface area (Å²) in [4.78, 5) is 0. The molecule has 0 atom stereocenters. The smallest absolute Gasteiger partial charge is 0.143 e. The Morgan fingerprint density at radius 2 is 1.75 bits per heavy atom. The highest BCUT2D eigenvalue weighted by atomic mass is 16.5. The third-order valence-corrected chi connectivity index (χ3v) is 3.88. The van der Waals surface area contributed by atoms with E-state index in [1.54, 1.807) is 7.11 Å². The molecule has 3 aromatic rings. The van der Waals surface area contributed by atoms with Gasteiger partial charge in [-0.2, -0.15) is 0 Å². The fraction of sp³-hybridized carbons (Fsp3) is 0.222. The maximum absolute atomic E-state index is 5.55. The summed E-state index contributed by atoms with van der Waals surface area (Å²) < 4.78 is 7.90. The number of methoxy groups -OCH3 is 1. The van der Waals surface area contributed by atoms with E-state index < -0.39 is 0 Å². The standard InChI is InChI=1S/C18H19NO/c1-4-19-17(14-9-6-5-7-10-14)13(2)15-11-8-12-16(20-3)18(15)19/h5-12H,4H2,1-3H3. The fourth-order valence-corrected chi connectivity index (χ4v) is 2.99. The molecule has 0 N–H and O–H groups in total. The van der Waals surface area contributed by atoms with Crippen molar-refractivity contribution >= 4 is 10.9 Å². The zero-order chi connectivity index (χ0) is 14.1. The first-order valence-corrected chi connectivity index (χ1v) is 6.99. The molecule has 0 fully saturated rings. The summed E-state index contributed by atoms with van der Waals surface area (Å²) in [5.74, 6) is 0.939. The van der Waals surface area contributed by atoms with E-state index in [4.69, 9.17) is 4.74 Å². The van der Waals surface area contributed by atoms with Crippen LogP contribution in [0.2, 0.25) is 0 Å². The van der Waals surface area contributed by atoms with E-state index in [2.05, 4.69) is 60.9 Å². The van der Waals surface area contributed by atoms with Gasteiger partial charge in [0.2, 0.25) is 0 Å². The normalized spacial score (nSPS) is 10.9. The third-order valence-electron chi connectivity index (χ3n) is 3.88. The van der Waals surface area contributed by atoms with Crippen LogP contribution in [0.4, 0.5) is 0 Å². The first-order chi connectivity index (χ1) is 9.77. The lowest BCUT2D eigenvalue weighted by atomic mass is 10.1. The molecule has 0 aliphatic rings. The number of fused-ring (bicyclic) bond motifs is 1. The number of benzene rings is 2. The molecule has 3 rings (SSSR count). The molecule has 2 heteroatoms. The molecule has 0 saturated carbocycles. The second-order valence-electron chi connectivity index (χ2n) is 4.94. The number of rotatable bonds is 3. The van der Waals surface area contributed by atoms with E-state index in [0.717, 1.165) is 12.3 Å². The number of para-hydroxylation sites is 1. The van der Waals surface area contributed by atoms with Gasteiger partial charge in [-0.1, -0.05) is 42.5 Å². The van der Waals surface area contributed by atoms with Crippen molar-refractivity contribution in [3.8, 4) is 17.0 Å². The van der Waals surface area contributed by atoms with Crippen molar-refractivity contribution in [1.29, 1.82) is 0 Å². The number of hydrogen-bond acceptors (Lipinski definition) is 1. The van der Waals surface area contributed by atoms with E-state index in [9.17, 15) is 0 Å². The van der Waals surface area contributed by atoms with E-state index >= 15 is 0 Å². The lowest BCUT2D eigenvalue weighted by molar-refractivity contribution is 0.417. The van der Waals surface area contributed by atoms with Gasteiger partial charge in [-0.3, -0.25) is 0 Å². The first kappa shape index (κ1) is 12.8. The molecule has 0 radical (unpaired) electrons. The van der Waals surface area contributed by atoms with Gasteiger partial charge in [0.1, 0.15) is 5.75 Å². The van der Waals surface area contributed by atoms with Gasteiger partial charge < -0.3 is 9.30 Å². The molecule has 1 heterocycles. The summed E-state index contributed by atoms with van der Waals surface area (Å²) in [6, 6.07) is 16.8. The minimum absolute atomic E-state index is 0.926. The van der Waals surface area contributed by atoms with Crippen molar-refractivity contribution < 1.29 is 4.74 Å². The van der Waals surface area contributed by atoms with Crippen molar-refractivity contribution in [1.82, 2.24) is 4.57 Å². The van der Waals surface area contributed by atoms with Crippen LogP contribution in [0.15, 0.2) is 48.5 Å². The summed E-state index contributed by atoms with van der Waals surface area (Å²) in [6.45, 7) is 5.29. The van der Waals surface area contributed by atoms with E-state index in [0.29, 0.717) is 0 Å². The predicted molar refractivity (Wildman–Crippen MR) is 84.3 cm³/mol. The van der Waals surface area contributed by atoms with Crippen LogP contribution in [-0.4, -0.2) is 11.7 Å². The van der Waals surface area contributed by atoms with Crippen LogP contribution in [0.3, 0.4) is 0 Å². The van der Waals surface area contributed by atoms with Gasteiger partial charge in [0.15, 0.2) is 0 Å². The van der Waals surface area contributed by atoms with Crippen molar-refractivity contribution in [2.24, 2.45) is 0 Å². The van der Waals surface area contributed by atoms with Crippen LogP contribution in [0.25, 0.3) is 22.2 Å². The average molecular weight is 265 g/mol. The van der Waals surface area contributed by atoms with E-state index in [1.807, 2.05) is 6.07 Å². The molecule has 0 aliphatic heterocycles. The molecule has 20 heavy (non-hydrogen) atoms. The van der Waals surface area contributed by atoms with E-state index in [1.165, 1.54) is 27.7 Å². The van der Waals surface area contributed by atoms with Crippen molar-refractivity contribution in [3.63, 3.8) is 0 Å². The van der Waals surface area contributed by atoms with Gasteiger partial charge >= 0.3 is 0 Å².